The lowest BCUT2D eigenvalue weighted by Gasteiger charge is -2.33. The predicted molar refractivity (Wildman–Crippen MR) is 80.6 cm³/mol. The summed E-state index contributed by atoms with van der Waals surface area (Å²) in [6, 6.07) is 0. The molecule has 0 unspecified atom stereocenters. The number of carbonyl (C=O) groups is 2. The number of hydrogen-bond donors (Lipinski definition) is 1. The van der Waals surface area contributed by atoms with Crippen LogP contribution in [0.5, 0.6) is 0 Å². The largest absolute Gasteiger partial charge is 0.476 e. The molecule has 1 aromatic rings. The van der Waals surface area contributed by atoms with Crippen LogP contribution in [0.1, 0.15) is 40.6 Å². The number of aryl methyl sites for hydroxylation is 1. The fourth-order valence-electron chi connectivity index (χ4n) is 2.42. The Morgan fingerprint density at radius 1 is 1.29 bits per heavy atom. The molecule has 2 heterocycles. The average molecular weight is 311 g/mol. The maximum Gasteiger partial charge on any atom is 0.355 e. The van der Waals surface area contributed by atoms with E-state index in [9.17, 15) is 14.7 Å². The van der Waals surface area contributed by atoms with E-state index in [0.717, 1.165) is 35.8 Å². The summed E-state index contributed by atoms with van der Waals surface area (Å²) in [7, 11) is 0. The van der Waals surface area contributed by atoms with Gasteiger partial charge in [0.2, 0.25) is 5.91 Å². The summed E-state index contributed by atoms with van der Waals surface area (Å²) < 4.78 is 0. The normalized spacial score (nSPS) is 16.2. The zero-order valence-corrected chi connectivity index (χ0v) is 13.3. The molecule has 0 saturated carbocycles. The second-order valence-electron chi connectivity index (χ2n) is 5.22. The van der Waals surface area contributed by atoms with Gasteiger partial charge in [-0.3, -0.25) is 9.69 Å². The van der Waals surface area contributed by atoms with Crippen LogP contribution in [-0.2, 0) is 17.8 Å². The van der Waals surface area contributed by atoms with Crippen LogP contribution in [0.3, 0.4) is 0 Å². The molecule has 21 heavy (non-hydrogen) atoms. The van der Waals surface area contributed by atoms with E-state index in [1.807, 2.05) is 4.90 Å². The van der Waals surface area contributed by atoms with Gasteiger partial charge in [-0.2, -0.15) is 0 Å². The Labute approximate surface area is 128 Å². The number of carboxylic acid groups (broad SMARTS) is 1. The fraction of sp³-hybridized carbons (Fsp3) is 0.643. The summed E-state index contributed by atoms with van der Waals surface area (Å²) in [6.07, 6.45) is 1.78. The predicted octanol–water partition coefficient (Wildman–Crippen LogP) is 1.46. The van der Waals surface area contributed by atoms with Crippen molar-refractivity contribution in [1.29, 1.82) is 0 Å². The van der Waals surface area contributed by atoms with Crippen molar-refractivity contribution in [2.45, 2.75) is 33.2 Å². The molecule has 1 N–H and O–H groups in total. The van der Waals surface area contributed by atoms with Crippen LogP contribution in [0.15, 0.2) is 0 Å². The zero-order valence-electron chi connectivity index (χ0n) is 12.5. The van der Waals surface area contributed by atoms with Crippen molar-refractivity contribution in [3.8, 4) is 0 Å². The summed E-state index contributed by atoms with van der Waals surface area (Å²) >= 11 is 1.50. The van der Waals surface area contributed by atoms with Gasteiger partial charge < -0.3 is 10.0 Å². The highest BCUT2D eigenvalue weighted by Gasteiger charge is 2.23. The Hall–Kier alpha value is -1.47. The first-order valence-electron chi connectivity index (χ1n) is 7.21. The number of aromatic carboxylic acids is 1. The molecular formula is C14H21N3O3S. The first kappa shape index (κ1) is 15.9. The molecule has 1 amide bonds. The van der Waals surface area contributed by atoms with Crippen molar-refractivity contribution >= 4 is 23.2 Å². The number of nitrogens with zero attached hydrogens (tertiary/aromatic N) is 3. The Balaban J connectivity index is 2.02. The molecule has 1 fully saturated rings. The van der Waals surface area contributed by atoms with Gasteiger partial charge in [0.25, 0.3) is 0 Å². The van der Waals surface area contributed by atoms with E-state index in [4.69, 9.17) is 0 Å². The highest BCUT2D eigenvalue weighted by atomic mass is 32.1. The molecule has 1 aliphatic heterocycles. The Morgan fingerprint density at radius 3 is 2.48 bits per heavy atom. The molecule has 0 aliphatic carbocycles. The number of amides is 1. The van der Waals surface area contributed by atoms with E-state index >= 15 is 0 Å². The van der Waals surface area contributed by atoms with Gasteiger partial charge in [-0.1, -0.05) is 6.92 Å². The zero-order chi connectivity index (χ0) is 15.4. The first-order chi connectivity index (χ1) is 10.0. The number of thiazole rings is 1. The van der Waals surface area contributed by atoms with Gasteiger partial charge in [0.05, 0.1) is 9.88 Å². The fourth-order valence-corrected chi connectivity index (χ4v) is 3.62. The molecular weight excluding hydrogens is 290 g/mol. The maximum absolute atomic E-state index is 11.3. The minimum absolute atomic E-state index is 0.101. The van der Waals surface area contributed by atoms with Crippen LogP contribution in [0.2, 0.25) is 0 Å². The average Bonchev–Trinajstić information content (AvgIpc) is 2.83. The number of rotatable bonds is 5. The van der Waals surface area contributed by atoms with Crippen molar-refractivity contribution in [3.63, 3.8) is 0 Å². The maximum atomic E-state index is 11.3. The smallest absolute Gasteiger partial charge is 0.355 e. The van der Waals surface area contributed by atoms with E-state index in [1.165, 1.54) is 11.3 Å². The van der Waals surface area contributed by atoms with Gasteiger partial charge in [-0.05, 0) is 12.8 Å². The lowest BCUT2D eigenvalue weighted by atomic mass is 10.2. The standard InChI is InChI=1S/C14H21N3O3S/c1-3-4-12-15-13(14(19)20)11(21-12)9-16-5-7-17(8-6-16)10(2)18/h3-9H2,1-2H3,(H,19,20). The molecule has 7 heteroatoms. The molecule has 0 radical (unpaired) electrons. The Morgan fingerprint density at radius 2 is 1.95 bits per heavy atom. The first-order valence-corrected chi connectivity index (χ1v) is 8.02. The molecule has 116 valence electrons. The van der Waals surface area contributed by atoms with Crippen LogP contribution in [0.4, 0.5) is 0 Å². The third-order valence-corrected chi connectivity index (χ3v) is 4.69. The van der Waals surface area contributed by atoms with Crippen molar-refractivity contribution in [2.75, 3.05) is 26.2 Å². The minimum atomic E-state index is -0.953. The summed E-state index contributed by atoms with van der Waals surface area (Å²) in [6.45, 7) is 7.21. The second-order valence-corrected chi connectivity index (χ2v) is 6.38. The van der Waals surface area contributed by atoms with Crippen LogP contribution < -0.4 is 0 Å². The van der Waals surface area contributed by atoms with Gasteiger partial charge in [-0.25, -0.2) is 9.78 Å². The van der Waals surface area contributed by atoms with Crippen LogP contribution in [0, 0.1) is 0 Å². The third-order valence-electron chi connectivity index (χ3n) is 3.59. The van der Waals surface area contributed by atoms with Crippen LogP contribution >= 0.6 is 11.3 Å². The van der Waals surface area contributed by atoms with E-state index in [1.54, 1.807) is 6.92 Å². The van der Waals surface area contributed by atoms with E-state index in [0.29, 0.717) is 19.6 Å². The quantitative estimate of drug-likeness (QED) is 0.891. The molecule has 0 atom stereocenters. The van der Waals surface area contributed by atoms with Crippen molar-refractivity contribution in [2.24, 2.45) is 0 Å². The molecule has 1 saturated heterocycles. The summed E-state index contributed by atoms with van der Waals surface area (Å²) in [5.74, 6) is -0.852. The number of hydrogen-bond acceptors (Lipinski definition) is 5. The molecule has 6 nitrogen and oxygen atoms in total. The molecule has 2 rings (SSSR count). The third kappa shape index (κ3) is 4.01. The minimum Gasteiger partial charge on any atom is -0.476 e. The van der Waals surface area contributed by atoms with E-state index in [-0.39, 0.29) is 11.6 Å². The van der Waals surface area contributed by atoms with Crippen molar-refractivity contribution in [1.82, 2.24) is 14.8 Å². The number of piperazine rings is 1. The van der Waals surface area contributed by atoms with Gasteiger partial charge in [-0.15, -0.1) is 11.3 Å². The number of carboxylic acids is 1. The van der Waals surface area contributed by atoms with E-state index in [2.05, 4.69) is 16.8 Å². The molecule has 1 aromatic heterocycles. The number of carbonyl (C=O) groups excluding carboxylic acids is 1. The monoisotopic (exact) mass is 311 g/mol. The Kier molecular flexibility index (Phi) is 5.30. The number of aromatic nitrogens is 1. The van der Waals surface area contributed by atoms with Crippen molar-refractivity contribution in [3.05, 3.63) is 15.6 Å². The highest BCUT2D eigenvalue weighted by Crippen LogP contribution is 2.22. The van der Waals surface area contributed by atoms with Crippen LogP contribution in [0.25, 0.3) is 0 Å². The summed E-state index contributed by atoms with van der Waals surface area (Å²) in [4.78, 5) is 31.7. The van der Waals surface area contributed by atoms with Gasteiger partial charge in [0.15, 0.2) is 5.69 Å². The molecule has 0 aromatic carbocycles. The van der Waals surface area contributed by atoms with Gasteiger partial charge >= 0.3 is 5.97 Å². The van der Waals surface area contributed by atoms with Crippen LogP contribution in [-0.4, -0.2) is 57.9 Å². The Bertz CT molecular complexity index is 522. The molecule has 0 bridgehead atoms. The summed E-state index contributed by atoms with van der Waals surface area (Å²) in [5, 5.41) is 10.2. The highest BCUT2D eigenvalue weighted by molar-refractivity contribution is 7.11. The lowest BCUT2D eigenvalue weighted by Crippen LogP contribution is -2.47. The lowest BCUT2D eigenvalue weighted by molar-refractivity contribution is -0.130. The van der Waals surface area contributed by atoms with Gasteiger partial charge in [0.1, 0.15) is 0 Å². The molecule has 1 aliphatic rings. The topological polar surface area (TPSA) is 73.7 Å². The van der Waals surface area contributed by atoms with Crippen molar-refractivity contribution < 1.29 is 14.7 Å². The van der Waals surface area contributed by atoms with Gasteiger partial charge in [0, 0.05) is 39.6 Å². The second kappa shape index (κ2) is 7.00. The molecule has 0 spiro atoms. The summed E-state index contributed by atoms with van der Waals surface area (Å²) in [5.41, 5.74) is 0.192. The SMILES string of the molecule is CCCc1nc(C(=O)O)c(CN2CCN(C(C)=O)CC2)s1. The van der Waals surface area contributed by atoms with E-state index < -0.39 is 5.97 Å².